The van der Waals surface area contributed by atoms with Gasteiger partial charge in [0.2, 0.25) is 0 Å². The van der Waals surface area contributed by atoms with Gasteiger partial charge < -0.3 is 0 Å². The van der Waals surface area contributed by atoms with Crippen LogP contribution in [0.3, 0.4) is 0 Å². The molecule has 0 aliphatic heterocycles. The van der Waals surface area contributed by atoms with Crippen molar-refractivity contribution in [2.24, 2.45) is 0 Å². The lowest BCUT2D eigenvalue weighted by Gasteiger charge is -2.10. The van der Waals surface area contributed by atoms with Crippen LogP contribution in [-0.4, -0.2) is 9.97 Å². The molecule has 94 valence electrons. The van der Waals surface area contributed by atoms with Gasteiger partial charge in [0.15, 0.2) is 5.15 Å². The van der Waals surface area contributed by atoms with Crippen LogP contribution in [-0.2, 0) is 5.92 Å². The number of hydrogen-bond donors (Lipinski definition) is 0. The molecule has 0 aliphatic carbocycles. The van der Waals surface area contributed by atoms with Crippen LogP contribution in [0.4, 0.5) is 8.78 Å². The summed E-state index contributed by atoms with van der Waals surface area (Å²) >= 11 is 7.15. The van der Waals surface area contributed by atoms with E-state index in [1.807, 2.05) is 0 Å². The van der Waals surface area contributed by atoms with E-state index >= 15 is 0 Å². The SMILES string of the molecule is CC(F)(F)c1ccc(Sc2nccnc2Cl)cc1. The number of nitrogens with zero attached hydrogens (tertiary/aromatic N) is 2. The molecule has 0 unspecified atom stereocenters. The van der Waals surface area contributed by atoms with Crippen molar-refractivity contribution in [1.29, 1.82) is 0 Å². The van der Waals surface area contributed by atoms with Gasteiger partial charge in [-0.25, -0.2) is 18.7 Å². The molecule has 0 saturated carbocycles. The summed E-state index contributed by atoms with van der Waals surface area (Å²) in [6, 6.07) is 6.02. The summed E-state index contributed by atoms with van der Waals surface area (Å²) in [5, 5.41) is 0.850. The first-order chi connectivity index (χ1) is 8.47. The molecule has 2 rings (SSSR count). The third kappa shape index (κ3) is 3.17. The number of hydrogen-bond acceptors (Lipinski definition) is 3. The fraction of sp³-hybridized carbons (Fsp3) is 0.167. The second-order valence-electron chi connectivity index (χ2n) is 3.67. The average molecular weight is 287 g/mol. The standard InChI is InChI=1S/C12H9ClF2N2S/c1-12(14,15)8-2-4-9(5-3-8)18-11-10(13)16-6-7-17-11/h2-7H,1H3. The molecule has 0 bridgehead atoms. The predicted octanol–water partition coefficient (Wildman–Crippen LogP) is 4.39. The molecule has 1 heterocycles. The van der Waals surface area contributed by atoms with E-state index in [0.717, 1.165) is 11.8 Å². The Kier molecular flexibility index (Phi) is 3.82. The summed E-state index contributed by atoms with van der Waals surface area (Å²) in [5.41, 5.74) is -0.0166. The monoisotopic (exact) mass is 286 g/mol. The zero-order valence-electron chi connectivity index (χ0n) is 9.40. The lowest BCUT2D eigenvalue weighted by molar-refractivity contribution is 0.0174. The van der Waals surface area contributed by atoms with Crippen molar-refractivity contribution < 1.29 is 8.78 Å². The number of alkyl halides is 2. The van der Waals surface area contributed by atoms with Gasteiger partial charge in [-0.15, -0.1) is 0 Å². The molecule has 2 aromatic rings. The van der Waals surface area contributed by atoms with Gasteiger partial charge >= 0.3 is 0 Å². The van der Waals surface area contributed by atoms with Crippen molar-refractivity contribution in [1.82, 2.24) is 9.97 Å². The summed E-state index contributed by atoms with van der Waals surface area (Å²) in [6.45, 7) is 0.870. The van der Waals surface area contributed by atoms with Gasteiger partial charge in [0, 0.05) is 29.8 Å². The van der Waals surface area contributed by atoms with Crippen LogP contribution in [0.25, 0.3) is 0 Å². The zero-order chi connectivity index (χ0) is 13.2. The molecular weight excluding hydrogens is 278 g/mol. The van der Waals surface area contributed by atoms with E-state index in [9.17, 15) is 8.78 Å². The topological polar surface area (TPSA) is 25.8 Å². The Morgan fingerprint density at radius 1 is 1.11 bits per heavy atom. The lowest BCUT2D eigenvalue weighted by Crippen LogP contribution is -2.06. The third-order valence-corrected chi connectivity index (χ3v) is 3.59. The van der Waals surface area contributed by atoms with E-state index in [0.29, 0.717) is 10.2 Å². The normalized spacial score (nSPS) is 11.6. The Hall–Kier alpha value is -1.20. The number of aromatic nitrogens is 2. The second-order valence-corrected chi connectivity index (χ2v) is 5.09. The molecule has 0 aliphatic rings. The van der Waals surface area contributed by atoms with Crippen molar-refractivity contribution in [2.45, 2.75) is 22.8 Å². The van der Waals surface area contributed by atoms with Crippen molar-refractivity contribution in [3.8, 4) is 0 Å². The van der Waals surface area contributed by atoms with Crippen LogP contribution in [0.5, 0.6) is 0 Å². The zero-order valence-corrected chi connectivity index (χ0v) is 11.0. The molecule has 1 aromatic carbocycles. The van der Waals surface area contributed by atoms with E-state index in [1.54, 1.807) is 12.1 Å². The first kappa shape index (κ1) is 13.2. The molecule has 6 heteroatoms. The summed E-state index contributed by atoms with van der Waals surface area (Å²) in [5.74, 6) is -2.83. The smallest absolute Gasteiger partial charge is 0.245 e. The number of halogens is 3. The van der Waals surface area contributed by atoms with E-state index in [-0.39, 0.29) is 5.56 Å². The quantitative estimate of drug-likeness (QED) is 0.837. The van der Waals surface area contributed by atoms with Gasteiger partial charge in [0.1, 0.15) is 5.03 Å². The molecule has 0 fully saturated rings. The highest BCUT2D eigenvalue weighted by atomic mass is 35.5. The summed E-state index contributed by atoms with van der Waals surface area (Å²) < 4.78 is 26.1. The van der Waals surface area contributed by atoms with E-state index in [1.165, 1.54) is 36.3 Å². The Balaban J connectivity index is 2.19. The number of benzene rings is 1. The number of rotatable bonds is 3. The summed E-state index contributed by atoms with van der Waals surface area (Å²) in [6.07, 6.45) is 3.02. The summed E-state index contributed by atoms with van der Waals surface area (Å²) in [7, 11) is 0. The fourth-order valence-electron chi connectivity index (χ4n) is 1.30. The first-order valence-corrected chi connectivity index (χ1v) is 6.29. The lowest BCUT2D eigenvalue weighted by atomic mass is 10.1. The minimum absolute atomic E-state index is 0.0166. The Morgan fingerprint density at radius 3 is 2.28 bits per heavy atom. The van der Waals surface area contributed by atoms with Crippen molar-refractivity contribution >= 4 is 23.4 Å². The highest BCUT2D eigenvalue weighted by molar-refractivity contribution is 7.99. The van der Waals surface area contributed by atoms with Gasteiger partial charge in [0.05, 0.1) is 0 Å². The van der Waals surface area contributed by atoms with Gasteiger partial charge in [-0.05, 0) is 12.1 Å². The molecule has 18 heavy (non-hydrogen) atoms. The minimum Gasteiger partial charge on any atom is -0.245 e. The third-order valence-electron chi connectivity index (χ3n) is 2.20. The second kappa shape index (κ2) is 5.20. The molecule has 0 saturated heterocycles. The maximum atomic E-state index is 13.0. The maximum absolute atomic E-state index is 13.0. The van der Waals surface area contributed by atoms with E-state index in [2.05, 4.69) is 9.97 Å². The highest BCUT2D eigenvalue weighted by Crippen LogP contribution is 2.32. The highest BCUT2D eigenvalue weighted by Gasteiger charge is 2.23. The maximum Gasteiger partial charge on any atom is 0.270 e. The minimum atomic E-state index is -2.83. The molecule has 2 nitrogen and oxygen atoms in total. The Morgan fingerprint density at radius 2 is 1.72 bits per heavy atom. The molecule has 0 spiro atoms. The van der Waals surface area contributed by atoms with Crippen molar-refractivity contribution in [3.63, 3.8) is 0 Å². The molecule has 1 aromatic heterocycles. The van der Waals surface area contributed by atoms with Gasteiger partial charge in [-0.2, -0.15) is 0 Å². The van der Waals surface area contributed by atoms with Crippen molar-refractivity contribution in [2.75, 3.05) is 0 Å². The van der Waals surface area contributed by atoms with Gasteiger partial charge in [-0.1, -0.05) is 35.5 Å². The van der Waals surface area contributed by atoms with Crippen LogP contribution in [0.15, 0.2) is 46.6 Å². The Bertz CT molecular complexity index is 541. The van der Waals surface area contributed by atoms with E-state index < -0.39 is 5.92 Å². The average Bonchev–Trinajstić information content (AvgIpc) is 2.32. The van der Waals surface area contributed by atoms with Crippen LogP contribution in [0, 0.1) is 0 Å². The van der Waals surface area contributed by atoms with Crippen LogP contribution < -0.4 is 0 Å². The molecule has 0 atom stereocenters. The van der Waals surface area contributed by atoms with Crippen LogP contribution >= 0.6 is 23.4 Å². The van der Waals surface area contributed by atoms with E-state index in [4.69, 9.17) is 11.6 Å². The first-order valence-electron chi connectivity index (χ1n) is 5.09. The molecule has 0 N–H and O–H groups in total. The molecule has 0 radical (unpaired) electrons. The van der Waals surface area contributed by atoms with Crippen LogP contribution in [0.2, 0.25) is 5.15 Å². The fourth-order valence-corrected chi connectivity index (χ4v) is 2.27. The van der Waals surface area contributed by atoms with Crippen molar-refractivity contribution in [3.05, 3.63) is 47.4 Å². The molecule has 0 amide bonds. The predicted molar refractivity (Wildman–Crippen MR) is 67.2 cm³/mol. The Labute approximate surface area is 112 Å². The van der Waals surface area contributed by atoms with Gasteiger partial charge in [0.25, 0.3) is 5.92 Å². The van der Waals surface area contributed by atoms with Gasteiger partial charge in [-0.3, -0.25) is 0 Å². The summed E-state index contributed by atoms with van der Waals surface area (Å²) in [4.78, 5) is 8.74. The molecular formula is C12H9ClF2N2S. The van der Waals surface area contributed by atoms with Crippen LogP contribution in [0.1, 0.15) is 12.5 Å². The largest absolute Gasteiger partial charge is 0.270 e.